The minimum absolute atomic E-state index is 0.0144. The highest BCUT2D eigenvalue weighted by atomic mass is 16.5. The molecular weight excluding hydrogens is 290 g/mol. The van der Waals surface area contributed by atoms with Crippen LogP contribution < -0.4 is 5.32 Å². The number of anilines is 1. The van der Waals surface area contributed by atoms with Crippen LogP contribution in [-0.4, -0.2) is 51.2 Å². The number of nitrogens with one attached hydrogen (secondary N) is 1. The van der Waals surface area contributed by atoms with Crippen molar-refractivity contribution in [3.63, 3.8) is 0 Å². The summed E-state index contributed by atoms with van der Waals surface area (Å²) in [6.45, 7) is 3.76. The van der Waals surface area contributed by atoms with Gasteiger partial charge in [0.2, 0.25) is 5.95 Å². The van der Waals surface area contributed by atoms with Crippen LogP contribution >= 0.6 is 0 Å². The van der Waals surface area contributed by atoms with Crippen molar-refractivity contribution in [2.24, 2.45) is 0 Å². The summed E-state index contributed by atoms with van der Waals surface area (Å²) in [5.74, 6) is 0.685. The zero-order valence-electron chi connectivity index (χ0n) is 13.1. The van der Waals surface area contributed by atoms with Gasteiger partial charge < -0.3 is 10.1 Å². The molecule has 1 spiro atoms. The van der Waals surface area contributed by atoms with Crippen molar-refractivity contribution in [1.29, 1.82) is 0 Å². The molecule has 0 bridgehead atoms. The molecular formula is C17H21N5O. The molecule has 1 N–H and O–H groups in total. The molecule has 0 unspecified atom stereocenters. The minimum atomic E-state index is -0.0144. The maximum Gasteiger partial charge on any atom is 0.222 e. The van der Waals surface area contributed by atoms with Crippen LogP contribution in [-0.2, 0) is 11.3 Å². The number of rotatable bonds is 4. The fraction of sp³-hybridized carbons (Fsp3) is 0.471. The van der Waals surface area contributed by atoms with E-state index < -0.39 is 0 Å². The lowest BCUT2D eigenvalue weighted by molar-refractivity contribution is 0.0120. The summed E-state index contributed by atoms with van der Waals surface area (Å²) in [7, 11) is 0. The second kappa shape index (κ2) is 6.22. The molecule has 0 aliphatic carbocycles. The van der Waals surface area contributed by atoms with Crippen LogP contribution in [0.2, 0.25) is 0 Å². The largest absolute Gasteiger partial charge is 0.371 e. The van der Waals surface area contributed by atoms with Crippen molar-refractivity contribution < 1.29 is 4.74 Å². The monoisotopic (exact) mass is 311 g/mol. The van der Waals surface area contributed by atoms with Gasteiger partial charge in [-0.3, -0.25) is 9.88 Å². The Morgan fingerprint density at radius 2 is 2.04 bits per heavy atom. The number of likely N-dealkylation sites (tertiary alicyclic amines) is 1. The zero-order chi connectivity index (χ0) is 15.5. The van der Waals surface area contributed by atoms with Gasteiger partial charge in [0.15, 0.2) is 0 Å². The van der Waals surface area contributed by atoms with E-state index in [1.807, 2.05) is 18.5 Å². The van der Waals surface area contributed by atoms with E-state index in [9.17, 15) is 0 Å². The van der Waals surface area contributed by atoms with Gasteiger partial charge in [-0.15, -0.1) is 0 Å². The Morgan fingerprint density at radius 3 is 2.87 bits per heavy atom. The lowest BCUT2D eigenvalue weighted by atomic mass is 9.97. The predicted octanol–water partition coefficient (Wildman–Crippen LogP) is 1.72. The van der Waals surface area contributed by atoms with Gasteiger partial charge in [0, 0.05) is 50.8 Å². The molecule has 2 aromatic rings. The van der Waals surface area contributed by atoms with Gasteiger partial charge in [-0.2, -0.15) is 0 Å². The third-order valence-corrected chi connectivity index (χ3v) is 4.66. The first kappa shape index (κ1) is 14.5. The van der Waals surface area contributed by atoms with Crippen LogP contribution in [0.4, 0.5) is 5.95 Å². The molecule has 0 saturated carbocycles. The molecule has 2 aliphatic heterocycles. The standard InChI is InChI=1S/C17H21N5O/c1-5-19-16(20-6-1)21-15-10-17(23-12-15)4-9-22(13-17)11-14-2-7-18-8-3-14/h1-3,5-8,15H,4,9-13H2,(H,19,20,21)/t15-,17-/m1/s1. The van der Waals surface area contributed by atoms with E-state index in [4.69, 9.17) is 4.74 Å². The Kier molecular flexibility index (Phi) is 3.93. The van der Waals surface area contributed by atoms with E-state index in [-0.39, 0.29) is 5.60 Å². The maximum atomic E-state index is 6.18. The van der Waals surface area contributed by atoms with Crippen LogP contribution in [0.1, 0.15) is 18.4 Å². The van der Waals surface area contributed by atoms with Crippen molar-refractivity contribution in [1.82, 2.24) is 19.9 Å². The maximum absolute atomic E-state index is 6.18. The quantitative estimate of drug-likeness (QED) is 0.927. The number of aromatic nitrogens is 3. The molecule has 6 nitrogen and oxygen atoms in total. The highest BCUT2D eigenvalue weighted by Gasteiger charge is 2.45. The van der Waals surface area contributed by atoms with Gasteiger partial charge in [-0.1, -0.05) is 0 Å². The van der Waals surface area contributed by atoms with Gasteiger partial charge in [-0.25, -0.2) is 9.97 Å². The Bertz CT molecular complexity index is 578. The molecule has 6 heteroatoms. The normalized spacial score (nSPS) is 27.6. The first-order valence-corrected chi connectivity index (χ1v) is 8.10. The highest BCUT2D eigenvalue weighted by Crippen LogP contribution is 2.36. The van der Waals surface area contributed by atoms with Gasteiger partial charge in [0.1, 0.15) is 0 Å². The predicted molar refractivity (Wildman–Crippen MR) is 86.9 cm³/mol. The summed E-state index contributed by atoms with van der Waals surface area (Å²) in [4.78, 5) is 15.0. The summed E-state index contributed by atoms with van der Waals surface area (Å²) < 4.78 is 6.18. The Hall–Kier alpha value is -2.05. The fourth-order valence-electron chi connectivity index (χ4n) is 3.59. The summed E-state index contributed by atoms with van der Waals surface area (Å²) in [6.07, 6.45) is 9.32. The van der Waals surface area contributed by atoms with Gasteiger partial charge >= 0.3 is 0 Å². The zero-order valence-corrected chi connectivity index (χ0v) is 13.1. The molecule has 2 aromatic heterocycles. The molecule has 4 rings (SSSR count). The molecule has 2 atom stereocenters. The summed E-state index contributed by atoms with van der Waals surface area (Å²) >= 11 is 0. The van der Waals surface area contributed by atoms with Crippen LogP contribution in [0.5, 0.6) is 0 Å². The van der Waals surface area contributed by atoms with Crippen LogP contribution in [0.25, 0.3) is 0 Å². The van der Waals surface area contributed by atoms with Crippen LogP contribution in [0, 0.1) is 0 Å². The van der Waals surface area contributed by atoms with Crippen LogP contribution in [0.15, 0.2) is 43.0 Å². The smallest absolute Gasteiger partial charge is 0.222 e. The molecule has 0 amide bonds. The molecule has 23 heavy (non-hydrogen) atoms. The first-order chi connectivity index (χ1) is 11.3. The van der Waals surface area contributed by atoms with Crippen molar-refractivity contribution >= 4 is 5.95 Å². The van der Waals surface area contributed by atoms with Gasteiger partial charge in [-0.05, 0) is 30.2 Å². The van der Waals surface area contributed by atoms with Crippen molar-refractivity contribution in [2.45, 2.75) is 31.0 Å². The molecule has 0 radical (unpaired) electrons. The molecule has 120 valence electrons. The van der Waals surface area contributed by atoms with Gasteiger partial charge in [0.05, 0.1) is 18.2 Å². The number of hydrogen-bond donors (Lipinski definition) is 1. The third-order valence-electron chi connectivity index (χ3n) is 4.66. The Labute approximate surface area is 135 Å². The molecule has 2 saturated heterocycles. The van der Waals surface area contributed by atoms with E-state index in [1.165, 1.54) is 5.56 Å². The summed E-state index contributed by atoms with van der Waals surface area (Å²) in [6, 6.07) is 6.28. The van der Waals surface area contributed by atoms with E-state index in [0.29, 0.717) is 12.0 Å². The minimum Gasteiger partial charge on any atom is -0.371 e. The van der Waals surface area contributed by atoms with Crippen LogP contribution in [0.3, 0.4) is 0 Å². The number of pyridine rings is 1. The van der Waals surface area contributed by atoms with Crippen molar-refractivity contribution in [3.8, 4) is 0 Å². The molecule has 2 fully saturated rings. The SMILES string of the molecule is c1cnc(N[C@H]2CO[C@]3(CCN(Cc4ccncc4)C3)C2)nc1. The Morgan fingerprint density at radius 1 is 1.22 bits per heavy atom. The van der Waals surface area contributed by atoms with Gasteiger partial charge in [0.25, 0.3) is 0 Å². The van der Waals surface area contributed by atoms with E-state index in [1.54, 1.807) is 12.4 Å². The lowest BCUT2D eigenvalue weighted by Gasteiger charge is -2.23. The number of ether oxygens (including phenoxy) is 1. The molecule has 2 aliphatic rings. The van der Waals surface area contributed by atoms with Crippen molar-refractivity contribution in [3.05, 3.63) is 48.5 Å². The second-order valence-corrected chi connectivity index (χ2v) is 6.43. The summed E-state index contributed by atoms with van der Waals surface area (Å²) in [5.41, 5.74) is 1.29. The molecule has 0 aromatic carbocycles. The summed E-state index contributed by atoms with van der Waals surface area (Å²) in [5, 5.41) is 3.38. The highest BCUT2D eigenvalue weighted by molar-refractivity contribution is 5.25. The topological polar surface area (TPSA) is 63.2 Å². The third kappa shape index (κ3) is 3.33. The van der Waals surface area contributed by atoms with Crippen molar-refractivity contribution in [2.75, 3.05) is 25.0 Å². The van der Waals surface area contributed by atoms with E-state index in [0.717, 1.165) is 39.1 Å². The molecule has 4 heterocycles. The Balaban J connectivity index is 1.34. The second-order valence-electron chi connectivity index (χ2n) is 6.43. The average Bonchev–Trinajstić information content (AvgIpc) is 3.16. The first-order valence-electron chi connectivity index (χ1n) is 8.10. The fourth-order valence-corrected chi connectivity index (χ4v) is 3.59. The number of nitrogens with zero attached hydrogens (tertiary/aromatic N) is 4. The van der Waals surface area contributed by atoms with E-state index >= 15 is 0 Å². The average molecular weight is 311 g/mol. The van der Waals surface area contributed by atoms with E-state index in [2.05, 4.69) is 37.3 Å². The lowest BCUT2D eigenvalue weighted by Crippen LogP contribution is -2.33. The number of hydrogen-bond acceptors (Lipinski definition) is 6.